The first-order chi connectivity index (χ1) is 11.3. The summed E-state index contributed by atoms with van der Waals surface area (Å²) in [6, 6.07) is 9.16. The Balaban J connectivity index is 1.97. The number of amides is 1. The van der Waals surface area contributed by atoms with E-state index in [1.54, 1.807) is 12.1 Å². The molecule has 5 nitrogen and oxygen atoms in total. The van der Waals surface area contributed by atoms with Gasteiger partial charge in [-0.3, -0.25) is 4.79 Å². The fourth-order valence-electron chi connectivity index (χ4n) is 1.95. The molecule has 0 fully saturated rings. The predicted molar refractivity (Wildman–Crippen MR) is 89.7 cm³/mol. The summed E-state index contributed by atoms with van der Waals surface area (Å²) in [4.78, 5) is 11.9. The molecule has 0 radical (unpaired) electrons. The van der Waals surface area contributed by atoms with E-state index in [0.717, 1.165) is 12.1 Å². The molecule has 0 aliphatic rings. The van der Waals surface area contributed by atoms with Gasteiger partial charge in [0.1, 0.15) is 11.6 Å². The predicted octanol–water partition coefficient (Wildman–Crippen LogP) is 3.29. The van der Waals surface area contributed by atoms with Crippen LogP contribution in [-0.2, 0) is 14.6 Å². The molecule has 0 spiro atoms. The molecule has 0 unspecified atom stereocenters. The number of carbonyl (C=O) groups is 1. The second-order valence-electron chi connectivity index (χ2n) is 4.92. The molecule has 24 heavy (non-hydrogen) atoms. The Hall–Kier alpha value is -2.12. The van der Waals surface area contributed by atoms with Crippen molar-refractivity contribution in [2.45, 2.75) is 11.3 Å². The summed E-state index contributed by atoms with van der Waals surface area (Å²) in [6.45, 7) is 0. The van der Waals surface area contributed by atoms with Gasteiger partial charge in [0.2, 0.25) is 5.91 Å². The smallest absolute Gasteiger partial charge is 0.225 e. The Labute approximate surface area is 144 Å². The molecular formula is C16H15ClFNO4S. The Morgan fingerprint density at radius 1 is 1.21 bits per heavy atom. The number of anilines is 1. The molecule has 0 saturated heterocycles. The number of methoxy groups -OCH3 is 1. The first-order valence-electron chi connectivity index (χ1n) is 6.93. The van der Waals surface area contributed by atoms with E-state index in [9.17, 15) is 17.6 Å². The number of ether oxygens (including phenoxy) is 1. The lowest BCUT2D eigenvalue weighted by Crippen LogP contribution is -2.17. The van der Waals surface area contributed by atoms with Gasteiger partial charge >= 0.3 is 0 Å². The molecule has 0 aromatic heterocycles. The lowest BCUT2D eigenvalue weighted by Gasteiger charge is -2.08. The first kappa shape index (κ1) is 18.2. The normalized spacial score (nSPS) is 11.1. The molecule has 0 atom stereocenters. The van der Waals surface area contributed by atoms with E-state index in [1.165, 1.54) is 25.3 Å². The van der Waals surface area contributed by atoms with Crippen molar-refractivity contribution in [3.8, 4) is 5.75 Å². The first-order valence-corrected chi connectivity index (χ1v) is 8.96. The van der Waals surface area contributed by atoms with Crippen molar-refractivity contribution in [1.82, 2.24) is 0 Å². The minimum atomic E-state index is -3.66. The summed E-state index contributed by atoms with van der Waals surface area (Å²) in [5, 5.41) is 2.89. The minimum absolute atomic E-state index is 0.0239. The zero-order chi connectivity index (χ0) is 17.7. The summed E-state index contributed by atoms with van der Waals surface area (Å²) in [6.07, 6.45) is -0.233. The summed E-state index contributed by atoms with van der Waals surface area (Å²) in [5.74, 6) is -0.910. The number of carbonyl (C=O) groups excluding carboxylic acids is 1. The van der Waals surface area contributed by atoms with Gasteiger partial charge < -0.3 is 10.1 Å². The molecule has 0 aliphatic heterocycles. The van der Waals surface area contributed by atoms with Crippen LogP contribution in [0.25, 0.3) is 0 Å². The third-order valence-corrected chi connectivity index (χ3v) is 5.23. The van der Waals surface area contributed by atoms with Gasteiger partial charge in [-0.05, 0) is 42.5 Å². The van der Waals surface area contributed by atoms with Crippen LogP contribution in [-0.4, -0.2) is 27.2 Å². The lowest BCUT2D eigenvalue weighted by molar-refractivity contribution is -0.115. The number of rotatable bonds is 6. The average molecular weight is 372 g/mol. The van der Waals surface area contributed by atoms with E-state index in [1.807, 2.05) is 0 Å². The lowest BCUT2D eigenvalue weighted by atomic mass is 10.3. The van der Waals surface area contributed by atoms with E-state index < -0.39 is 21.6 Å². The van der Waals surface area contributed by atoms with Crippen molar-refractivity contribution in [2.24, 2.45) is 0 Å². The molecule has 128 valence electrons. The number of halogens is 2. The Morgan fingerprint density at radius 3 is 2.46 bits per heavy atom. The average Bonchev–Trinajstić information content (AvgIpc) is 2.54. The molecule has 8 heteroatoms. The van der Waals surface area contributed by atoms with Crippen LogP contribution >= 0.6 is 11.6 Å². The van der Waals surface area contributed by atoms with Gasteiger partial charge in [0.15, 0.2) is 9.84 Å². The zero-order valence-corrected chi connectivity index (χ0v) is 14.3. The molecule has 1 N–H and O–H groups in total. The topological polar surface area (TPSA) is 72.5 Å². The highest BCUT2D eigenvalue weighted by molar-refractivity contribution is 7.91. The molecule has 1 amide bonds. The highest BCUT2D eigenvalue weighted by Gasteiger charge is 2.17. The van der Waals surface area contributed by atoms with Crippen molar-refractivity contribution in [1.29, 1.82) is 0 Å². The third-order valence-electron chi connectivity index (χ3n) is 3.21. The van der Waals surface area contributed by atoms with E-state index in [4.69, 9.17) is 16.3 Å². The second-order valence-corrected chi connectivity index (χ2v) is 7.44. The maximum absolute atomic E-state index is 12.8. The van der Waals surface area contributed by atoms with Gasteiger partial charge in [0.25, 0.3) is 0 Å². The minimum Gasteiger partial charge on any atom is -0.495 e. The van der Waals surface area contributed by atoms with Crippen LogP contribution < -0.4 is 10.1 Å². The maximum Gasteiger partial charge on any atom is 0.225 e. The number of benzene rings is 2. The van der Waals surface area contributed by atoms with Gasteiger partial charge in [-0.25, -0.2) is 12.8 Å². The van der Waals surface area contributed by atoms with Crippen molar-refractivity contribution in [2.75, 3.05) is 18.2 Å². The fraction of sp³-hybridized carbons (Fsp3) is 0.188. The highest BCUT2D eigenvalue weighted by atomic mass is 35.5. The molecule has 2 aromatic rings. The number of nitrogens with one attached hydrogen (secondary N) is 1. The summed E-state index contributed by atoms with van der Waals surface area (Å²) in [7, 11) is -2.18. The van der Waals surface area contributed by atoms with Gasteiger partial charge in [0.05, 0.1) is 22.8 Å². The van der Waals surface area contributed by atoms with Crippen LogP contribution in [0.2, 0.25) is 5.02 Å². The van der Waals surface area contributed by atoms with Crippen LogP contribution in [0.5, 0.6) is 5.75 Å². The zero-order valence-electron chi connectivity index (χ0n) is 12.8. The quantitative estimate of drug-likeness (QED) is 0.791. The molecule has 0 saturated carbocycles. The Morgan fingerprint density at radius 2 is 1.88 bits per heavy atom. The largest absolute Gasteiger partial charge is 0.495 e. The van der Waals surface area contributed by atoms with E-state index in [-0.39, 0.29) is 17.1 Å². The number of hydrogen-bond acceptors (Lipinski definition) is 4. The SMILES string of the molecule is COc1ccc(NC(=O)CCS(=O)(=O)c2ccc(F)cc2)cc1Cl. The van der Waals surface area contributed by atoms with Crippen LogP contribution in [0.4, 0.5) is 10.1 Å². The summed E-state index contributed by atoms with van der Waals surface area (Å²) >= 11 is 5.95. The Bertz CT molecular complexity index is 838. The van der Waals surface area contributed by atoms with Gasteiger partial charge in [0, 0.05) is 12.1 Å². The highest BCUT2D eigenvalue weighted by Crippen LogP contribution is 2.27. The van der Waals surface area contributed by atoms with Crippen LogP contribution in [0.15, 0.2) is 47.4 Å². The molecule has 0 aliphatic carbocycles. The van der Waals surface area contributed by atoms with Crippen molar-refractivity contribution in [3.63, 3.8) is 0 Å². The van der Waals surface area contributed by atoms with Crippen LogP contribution in [0.3, 0.4) is 0 Å². The van der Waals surface area contributed by atoms with E-state index >= 15 is 0 Å². The maximum atomic E-state index is 12.8. The standard InChI is InChI=1S/C16H15ClFNO4S/c1-23-15-7-4-12(10-14(15)17)19-16(20)8-9-24(21,22)13-5-2-11(18)3-6-13/h2-7,10H,8-9H2,1H3,(H,19,20). The Kier molecular flexibility index (Phi) is 5.80. The third kappa shape index (κ3) is 4.69. The van der Waals surface area contributed by atoms with Crippen molar-refractivity contribution < 1.29 is 22.3 Å². The molecule has 2 aromatic carbocycles. The number of sulfone groups is 1. The van der Waals surface area contributed by atoms with Crippen LogP contribution in [0, 0.1) is 5.82 Å². The van der Waals surface area contributed by atoms with Gasteiger partial charge in [-0.1, -0.05) is 11.6 Å². The molecule has 2 rings (SSSR count). The van der Waals surface area contributed by atoms with E-state index in [2.05, 4.69) is 5.32 Å². The summed E-state index contributed by atoms with van der Waals surface area (Å²) < 4.78 is 42.0. The monoisotopic (exact) mass is 371 g/mol. The molecular weight excluding hydrogens is 357 g/mol. The van der Waals surface area contributed by atoms with Crippen molar-refractivity contribution >= 4 is 33.0 Å². The van der Waals surface area contributed by atoms with E-state index in [0.29, 0.717) is 16.5 Å². The molecule has 0 heterocycles. The van der Waals surface area contributed by atoms with Gasteiger partial charge in [-0.2, -0.15) is 0 Å². The van der Waals surface area contributed by atoms with Crippen LogP contribution in [0.1, 0.15) is 6.42 Å². The number of hydrogen-bond donors (Lipinski definition) is 1. The fourth-order valence-corrected chi connectivity index (χ4v) is 3.45. The second kappa shape index (κ2) is 7.63. The van der Waals surface area contributed by atoms with Crippen molar-refractivity contribution in [3.05, 3.63) is 53.3 Å². The summed E-state index contributed by atoms with van der Waals surface area (Å²) in [5.41, 5.74) is 0.435. The van der Waals surface area contributed by atoms with Gasteiger partial charge in [-0.15, -0.1) is 0 Å². The molecule has 0 bridgehead atoms.